The Labute approximate surface area is 133 Å². The molecule has 0 bridgehead atoms. The Morgan fingerprint density at radius 2 is 2.05 bits per heavy atom. The number of thiophene rings is 1. The molecule has 2 nitrogen and oxygen atoms in total. The molecule has 0 fully saturated rings. The van der Waals surface area contributed by atoms with Crippen LogP contribution >= 0.6 is 11.3 Å². The summed E-state index contributed by atoms with van der Waals surface area (Å²) in [7, 11) is 0. The number of benzene rings is 1. The number of allylic oxidation sites excluding steroid dienone is 1. The lowest BCUT2D eigenvalue weighted by molar-refractivity contribution is 0.818. The molecule has 0 saturated carbocycles. The Morgan fingerprint density at radius 1 is 1.09 bits per heavy atom. The van der Waals surface area contributed by atoms with E-state index < -0.39 is 0 Å². The molecule has 0 atom stereocenters. The lowest BCUT2D eigenvalue weighted by atomic mass is 9.96. The van der Waals surface area contributed by atoms with Crippen molar-refractivity contribution >= 4 is 33.2 Å². The van der Waals surface area contributed by atoms with Gasteiger partial charge >= 0.3 is 0 Å². The SMILES string of the molecule is C(=C1CCCN=C1c1cccnc1)c1cc2ccccc2s1. The zero-order chi connectivity index (χ0) is 14.8. The van der Waals surface area contributed by atoms with Gasteiger partial charge in [0.05, 0.1) is 5.71 Å². The van der Waals surface area contributed by atoms with Crippen LogP contribution in [0.25, 0.3) is 16.2 Å². The van der Waals surface area contributed by atoms with Crippen molar-refractivity contribution in [2.24, 2.45) is 4.99 Å². The lowest BCUT2D eigenvalue weighted by Gasteiger charge is -2.15. The number of pyridine rings is 1. The standard InChI is InChI=1S/C19H16N2S/c1-2-8-18-14(5-1)11-17(22-18)12-15-6-4-10-21-19(15)16-7-3-9-20-13-16/h1-3,5,7-9,11-13H,4,6,10H2. The lowest BCUT2D eigenvalue weighted by Crippen LogP contribution is -2.11. The van der Waals surface area contributed by atoms with Gasteiger partial charge in [0.15, 0.2) is 0 Å². The molecule has 4 rings (SSSR count). The number of aliphatic imine (C=N–C) groups is 1. The van der Waals surface area contributed by atoms with Crippen LogP contribution < -0.4 is 0 Å². The average Bonchev–Trinajstić information content (AvgIpc) is 2.98. The molecule has 1 aliphatic heterocycles. The van der Waals surface area contributed by atoms with Crippen molar-refractivity contribution in [2.45, 2.75) is 12.8 Å². The maximum absolute atomic E-state index is 4.74. The van der Waals surface area contributed by atoms with Crippen molar-refractivity contribution in [2.75, 3.05) is 6.54 Å². The second kappa shape index (κ2) is 5.85. The maximum Gasteiger partial charge on any atom is 0.0694 e. The van der Waals surface area contributed by atoms with E-state index in [4.69, 9.17) is 4.99 Å². The van der Waals surface area contributed by atoms with Crippen molar-refractivity contribution in [3.05, 3.63) is 70.9 Å². The van der Waals surface area contributed by atoms with Crippen LogP contribution in [0.3, 0.4) is 0 Å². The topological polar surface area (TPSA) is 25.2 Å². The fourth-order valence-corrected chi connectivity index (χ4v) is 3.88. The minimum absolute atomic E-state index is 0.911. The summed E-state index contributed by atoms with van der Waals surface area (Å²) in [5.41, 5.74) is 3.55. The van der Waals surface area contributed by atoms with Crippen molar-refractivity contribution < 1.29 is 0 Å². The van der Waals surface area contributed by atoms with Gasteiger partial charge in [-0.25, -0.2) is 0 Å². The monoisotopic (exact) mass is 304 g/mol. The molecule has 0 radical (unpaired) electrons. The summed E-state index contributed by atoms with van der Waals surface area (Å²) in [6.45, 7) is 0.911. The maximum atomic E-state index is 4.74. The Morgan fingerprint density at radius 3 is 2.91 bits per heavy atom. The predicted octanol–water partition coefficient (Wildman–Crippen LogP) is 4.96. The van der Waals surface area contributed by atoms with Gasteiger partial charge in [0.1, 0.15) is 0 Å². The van der Waals surface area contributed by atoms with E-state index in [1.165, 1.54) is 20.5 Å². The third kappa shape index (κ3) is 2.60. The van der Waals surface area contributed by atoms with E-state index in [0.29, 0.717) is 0 Å². The quantitative estimate of drug-likeness (QED) is 0.656. The van der Waals surface area contributed by atoms with Gasteiger partial charge in [-0.15, -0.1) is 11.3 Å². The van der Waals surface area contributed by atoms with Crippen LogP contribution in [0, 0.1) is 0 Å². The smallest absolute Gasteiger partial charge is 0.0694 e. The molecule has 2 aromatic heterocycles. The predicted molar refractivity (Wildman–Crippen MR) is 94.7 cm³/mol. The first-order valence-electron chi connectivity index (χ1n) is 7.54. The van der Waals surface area contributed by atoms with Gasteiger partial charge in [-0.3, -0.25) is 9.98 Å². The van der Waals surface area contributed by atoms with E-state index >= 15 is 0 Å². The molecule has 1 aromatic carbocycles. The summed E-state index contributed by atoms with van der Waals surface area (Å²) in [5, 5.41) is 1.31. The Hall–Kier alpha value is -2.26. The Balaban J connectivity index is 1.76. The minimum Gasteiger partial charge on any atom is -0.284 e. The largest absolute Gasteiger partial charge is 0.284 e. The highest BCUT2D eigenvalue weighted by Crippen LogP contribution is 2.29. The molecule has 0 spiro atoms. The van der Waals surface area contributed by atoms with Crippen molar-refractivity contribution in [1.82, 2.24) is 4.98 Å². The van der Waals surface area contributed by atoms with E-state index in [9.17, 15) is 0 Å². The van der Waals surface area contributed by atoms with Crippen LogP contribution in [0.5, 0.6) is 0 Å². The van der Waals surface area contributed by atoms with Gasteiger partial charge in [0.25, 0.3) is 0 Å². The van der Waals surface area contributed by atoms with Crippen LogP contribution in [0.1, 0.15) is 23.3 Å². The molecule has 0 saturated heterocycles. The third-order valence-corrected chi connectivity index (χ3v) is 4.94. The summed E-state index contributed by atoms with van der Waals surface area (Å²) in [5.74, 6) is 0. The molecule has 0 N–H and O–H groups in total. The molecule has 0 unspecified atom stereocenters. The van der Waals surface area contributed by atoms with E-state index in [1.807, 2.05) is 29.8 Å². The number of hydrogen-bond acceptors (Lipinski definition) is 3. The normalized spacial score (nSPS) is 16.9. The van der Waals surface area contributed by atoms with Crippen LogP contribution in [0.2, 0.25) is 0 Å². The number of nitrogens with zero attached hydrogens (tertiary/aromatic N) is 2. The molecule has 0 aliphatic carbocycles. The highest BCUT2D eigenvalue weighted by molar-refractivity contribution is 7.19. The van der Waals surface area contributed by atoms with Gasteiger partial charge < -0.3 is 0 Å². The number of fused-ring (bicyclic) bond motifs is 1. The summed E-state index contributed by atoms with van der Waals surface area (Å²) in [6.07, 6.45) is 8.23. The van der Waals surface area contributed by atoms with Gasteiger partial charge in [-0.05, 0) is 54.1 Å². The van der Waals surface area contributed by atoms with Gasteiger partial charge in [-0.1, -0.05) is 18.2 Å². The van der Waals surface area contributed by atoms with Crippen molar-refractivity contribution in [1.29, 1.82) is 0 Å². The van der Waals surface area contributed by atoms with Crippen LogP contribution in [0.4, 0.5) is 0 Å². The Kier molecular flexibility index (Phi) is 3.57. The molecule has 0 amide bonds. The fourth-order valence-electron chi connectivity index (χ4n) is 2.85. The summed E-state index contributed by atoms with van der Waals surface area (Å²) < 4.78 is 1.34. The first-order chi connectivity index (χ1) is 10.9. The Bertz CT molecular complexity index is 826. The molecular formula is C19H16N2S. The molecule has 3 heteroatoms. The summed E-state index contributed by atoms with van der Waals surface area (Å²) in [6, 6.07) is 14.9. The second-order valence-corrected chi connectivity index (χ2v) is 6.55. The van der Waals surface area contributed by atoms with E-state index in [1.54, 1.807) is 0 Å². The van der Waals surface area contributed by atoms with Gasteiger partial charge in [0, 0.05) is 34.1 Å². The first-order valence-corrected chi connectivity index (χ1v) is 8.36. The third-order valence-electron chi connectivity index (χ3n) is 3.87. The minimum atomic E-state index is 0.911. The number of aromatic nitrogens is 1. The van der Waals surface area contributed by atoms with Gasteiger partial charge in [0.2, 0.25) is 0 Å². The fraction of sp³-hybridized carbons (Fsp3) is 0.158. The number of hydrogen-bond donors (Lipinski definition) is 0. The highest BCUT2D eigenvalue weighted by atomic mass is 32.1. The zero-order valence-electron chi connectivity index (χ0n) is 12.2. The second-order valence-electron chi connectivity index (χ2n) is 5.43. The van der Waals surface area contributed by atoms with Crippen LogP contribution in [-0.2, 0) is 0 Å². The summed E-state index contributed by atoms with van der Waals surface area (Å²) in [4.78, 5) is 10.3. The van der Waals surface area contributed by atoms with Crippen LogP contribution in [-0.4, -0.2) is 17.2 Å². The van der Waals surface area contributed by atoms with E-state index in [2.05, 4.69) is 47.5 Å². The molecule has 3 heterocycles. The van der Waals surface area contributed by atoms with E-state index in [-0.39, 0.29) is 0 Å². The summed E-state index contributed by atoms with van der Waals surface area (Å²) >= 11 is 1.84. The average molecular weight is 304 g/mol. The van der Waals surface area contributed by atoms with Crippen molar-refractivity contribution in [3.8, 4) is 0 Å². The highest BCUT2D eigenvalue weighted by Gasteiger charge is 2.14. The molecule has 3 aromatic rings. The zero-order valence-corrected chi connectivity index (χ0v) is 13.0. The first kappa shape index (κ1) is 13.4. The van der Waals surface area contributed by atoms with E-state index in [0.717, 1.165) is 30.7 Å². The number of rotatable bonds is 2. The molecule has 22 heavy (non-hydrogen) atoms. The molecule has 1 aliphatic rings. The van der Waals surface area contributed by atoms with Crippen molar-refractivity contribution in [3.63, 3.8) is 0 Å². The molecular weight excluding hydrogens is 288 g/mol. The van der Waals surface area contributed by atoms with Gasteiger partial charge in [-0.2, -0.15) is 0 Å². The molecule has 108 valence electrons. The van der Waals surface area contributed by atoms with Crippen LogP contribution in [0.15, 0.2) is 65.4 Å².